The molecule has 0 aromatic carbocycles. The van der Waals surface area contributed by atoms with Crippen molar-refractivity contribution in [1.29, 1.82) is 0 Å². The zero-order valence-electron chi connectivity index (χ0n) is 15.2. The summed E-state index contributed by atoms with van der Waals surface area (Å²) in [4.78, 5) is 21.1. The standard InChI is InChI=1S/C18H29N5O2/c1-2-17-20-18(21-25-17)15-6-11-23(12-7-15)14-16(24)19-8-13-22-9-4-3-5-10-22/h6H,2-5,7-14H2,1H3,(H,19,24). The van der Waals surface area contributed by atoms with Gasteiger partial charge in [-0.05, 0) is 37.9 Å². The summed E-state index contributed by atoms with van der Waals surface area (Å²) in [5.41, 5.74) is 1.12. The Kier molecular flexibility index (Phi) is 6.58. The van der Waals surface area contributed by atoms with Crippen LogP contribution in [0.5, 0.6) is 0 Å². The van der Waals surface area contributed by atoms with E-state index in [-0.39, 0.29) is 5.91 Å². The van der Waals surface area contributed by atoms with Crippen molar-refractivity contribution in [3.05, 3.63) is 17.8 Å². The van der Waals surface area contributed by atoms with E-state index in [0.29, 0.717) is 18.3 Å². The van der Waals surface area contributed by atoms with Gasteiger partial charge in [-0.3, -0.25) is 9.69 Å². The number of rotatable bonds is 7. The summed E-state index contributed by atoms with van der Waals surface area (Å²) in [5.74, 6) is 1.48. The lowest BCUT2D eigenvalue weighted by Crippen LogP contribution is -2.42. The van der Waals surface area contributed by atoms with Crippen molar-refractivity contribution in [3.63, 3.8) is 0 Å². The van der Waals surface area contributed by atoms with Gasteiger partial charge in [-0.25, -0.2) is 0 Å². The number of aromatic nitrogens is 2. The summed E-state index contributed by atoms with van der Waals surface area (Å²) in [6, 6.07) is 0. The second kappa shape index (κ2) is 9.10. The van der Waals surface area contributed by atoms with Crippen LogP contribution in [0.1, 0.15) is 44.3 Å². The van der Waals surface area contributed by atoms with Gasteiger partial charge in [0.15, 0.2) is 5.82 Å². The second-order valence-corrected chi connectivity index (χ2v) is 6.83. The molecule has 138 valence electrons. The SMILES string of the molecule is CCc1nc(C2=CCN(CC(=O)NCCN3CCCCC3)CC2)no1. The van der Waals surface area contributed by atoms with Crippen LogP contribution in [-0.4, -0.2) is 71.7 Å². The Morgan fingerprint density at radius 1 is 1.24 bits per heavy atom. The predicted molar refractivity (Wildman–Crippen MR) is 96.0 cm³/mol. The van der Waals surface area contributed by atoms with Gasteiger partial charge in [-0.15, -0.1) is 0 Å². The highest BCUT2D eigenvalue weighted by molar-refractivity contribution is 5.78. The zero-order chi connectivity index (χ0) is 17.5. The summed E-state index contributed by atoms with van der Waals surface area (Å²) in [6.45, 7) is 8.11. The van der Waals surface area contributed by atoms with E-state index >= 15 is 0 Å². The number of carbonyl (C=O) groups excluding carboxylic acids is 1. The maximum atomic E-state index is 12.1. The van der Waals surface area contributed by atoms with Gasteiger partial charge in [-0.1, -0.05) is 24.6 Å². The summed E-state index contributed by atoms with van der Waals surface area (Å²) in [6.07, 6.45) is 7.63. The number of aryl methyl sites for hydroxylation is 1. The normalized spacial score (nSPS) is 19.6. The van der Waals surface area contributed by atoms with Gasteiger partial charge >= 0.3 is 0 Å². The van der Waals surface area contributed by atoms with E-state index in [4.69, 9.17) is 4.52 Å². The molecule has 0 bridgehead atoms. The van der Waals surface area contributed by atoms with E-state index < -0.39 is 0 Å². The van der Waals surface area contributed by atoms with Crippen LogP contribution in [0.2, 0.25) is 0 Å². The maximum Gasteiger partial charge on any atom is 0.234 e. The number of carbonyl (C=O) groups is 1. The molecule has 2 aliphatic rings. The number of hydrogen-bond donors (Lipinski definition) is 1. The Bertz CT molecular complexity index is 592. The van der Waals surface area contributed by atoms with Crippen LogP contribution in [0.3, 0.4) is 0 Å². The molecule has 2 aliphatic heterocycles. The first-order valence-electron chi connectivity index (χ1n) is 9.48. The number of piperidine rings is 1. The van der Waals surface area contributed by atoms with E-state index in [0.717, 1.165) is 44.6 Å². The molecule has 1 saturated heterocycles. The minimum atomic E-state index is 0.113. The van der Waals surface area contributed by atoms with Gasteiger partial charge in [0.1, 0.15) is 0 Å². The minimum Gasteiger partial charge on any atom is -0.354 e. The van der Waals surface area contributed by atoms with Crippen molar-refractivity contribution in [3.8, 4) is 0 Å². The number of nitrogens with one attached hydrogen (secondary N) is 1. The van der Waals surface area contributed by atoms with E-state index in [9.17, 15) is 4.79 Å². The van der Waals surface area contributed by atoms with Crippen molar-refractivity contribution in [2.24, 2.45) is 0 Å². The van der Waals surface area contributed by atoms with Crippen molar-refractivity contribution in [2.45, 2.75) is 39.0 Å². The van der Waals surface area contributed by atoms with E-state index in [1.54, 1.807) is 0 Å². The van der Waals surface area contributed by atoms with Crippen LogP contribution in [0.25, 0.3) is 5.57 Å². The Morgan fingerprint density at radius 3 is 2.76 bits per heavy atom. The van der Waals surface area contributed by atoms with Crippen molar-refractivity contribution in [2.75, 3.05) is 45.8 Å². The first-order chi connectivity index (χ1) is 12.2. The third kappa shape index (κ3) is 5.37. The Labute approximate surface area is 149 Å². The van der Waals surface area contributed by atoms with Crippen LogP contribution in [0, 0.1) is 0 Å². The fourth-order valence-electron chi connectivity index (χ4n) is 3.38. The number of likely N-dealkylation sites (tertiary alicyclic amines) is 1. The summed E-state index contributed by atoms with van der Waals surface area (Å²) in [7, 11) is 0. The van der Waals surface area contributed by atoms with Gasteiger partial charge < -0.3 is 14.7 Å². The average Bonchev–Trinajstić information content (AvgIpc) is 3.12. The van der Waals surface area contributed by atoms with Gasteiger partial charge in [0.05, 0.1) is 6.54 Å². The average molecular weight is 347 g/mol. The highest BCUT2D eigenvalue weighted by Crippen LogP contribution is 2.19. The van der Waals surface area contributed by atoms with Gasteiger partial charge in [0, 0.05) is 32.6 Å². The van der Waals surface area contributed by atoms with Gasteiger partial charge in [-0.2, -0.15) is 4.98 Å². The van der Waals surface area contributed by atoms with E-state index in [1.807, 2.05) is 6.92 Å². The van der Waals surface area contributed by atoms with E-state index in [2.05, 4.69) is 31.3 Å². The van der Waals surface area contributed by atoms with E-state index in [1.165, 1.54) is 32.4 Å². The molecule has 25 heavy (non-hydrogen) atoms. The van der Waals surface area contributed by atoms with Crippen LogP contribution >= 0.6 is 0 Å². The molecule has 1 aromatic rings. The van der Waals surface area contributed by atoms with Gasteiger partial charge in [0.2, 0.25) is 11.8 Å². The number of hydrogen-bond acceptors (Lipinski definition) is 6. The summed E-state index contributed by atoms with van der Waals surface area (Å²) in [5, 5.41) is 7.07. The minimum absolute atomic E-state index is 0.113. The third-order valence-corrected chi connectivity index (χ3v) is 4.92. The maximum absolute atomic E-state index is 12.1. The summed E-state index contributed by atoms with van der Waals surface area (Å²) >= 11 is 0. The van der Waals surface area contributed by atoms with Crippen molar-refractivity contribution >= 4 is 11.5 Å². The Balaban J connectivity index is 1.36. The Morgan fingerprint density at radius 2 is 2.08 bits per heavy atom. The quantitative estimate of drug-likeness (QED) is 0.802. The number of amides is 1. The smallest absolute Gasteiger partial charge is 0.234 e. The van der Waals surface area contributed by atoms with Crippen molar-refractivity contribution in [1.82, 2.24) is 25.3 Å². The molecule has 1 aromatic heterocycles. The lowest BCUT2D eigenvalue weighted by atomic mass is 10.1. The predicted octanol–water partition coefficient (Wildman–Crippen LogP) is 1.32. The fourth-order valence-corrected chi connectivity index (χ4v) is 3.38. The molecule has 1 fully saturated rings. The van der Waals surface area contributed by atoms with Gasteiger partial charge in [0.25, 0.3) is 0 Å². The molecule has 0 radical (unpaired) electrons. The molecule has 0 spiro atoms. The van der Waals surface area contributed by atoms with Crippen LogP contribution in [0.4, 0.5) is 0 Å². The lowest BCUT2D eigenvalue weighted by molar-refractivity contribution is -0.122. The monoisotopic (exact) mass is 347 g/mol. The second-order valence-electron chi connectivity index (χ2n) is 6.83. The molecule has 3 rings (SSSR count). The zero-order valence-corrected chi connectivity index (χ0v) is 15.2. The molecule has 7 heteroatoms. The largest absolute Gasteiger partial charge is 0.354 e. The molecule has 0 atom stereocenters. The molecular weight excluding hydrogens is 318 g/mol. The fraction of sp³-hybridized carbons (Fsp3) is 0.722. The molecule has 0 aliphatic carbocycles. The lowest BCUT2D eigenvalue weighted by Gasteiger charge is -2.27. The molecule has 1 amide bonds. The molecule has 7 nitrogen and oxygen atoms in total. The highest BCUT2D eigenvalue weighted by Gasteiger charge is 2.18. The molecule has 0 unspecified atom stereocenters. The Hall–Kier alpha value is -1.73. The van der Waals surface area contributed by atoms with Crippen LogP contribution in [-0.2, 0) is 11.2 Å². The molecular formula is C18H29N5O2. The molecule has 3 heterocycles. The topological polar surface area (TPSA) is 74.5 Å². The van der Waals surface area contributed by atoms with Crippen LogP contribution in [0.15, 0.2) is 10.6 Å². The first kappa shape index (κ1) is 18.1. The molecule has 0 saturated carbocycles. The first-order valence-corrected chi connectivity index (χ1v) is 9.48. The van der Waals surface area contributed by atoms with Crippen LogP contribution < -0.4 is 5.32 Å². The number of nitrogens with zero attached hydrogens (tertiary/aromatic N) is 4. The van der Waals surface area contributed by atoms with Crippen molar-refractivity contribution < 1.29 is 9.32 Å². The highest BCUT2D eigenvalue weighted by atomic mass is 16.5. The summed E-state index contributed by atoms with van der Waals surface area (Å²) < 4.78 is 5.17. The molecule has 1 N–H and O–H groups in total. The third-order valence-electron chi connectivity index (χ3n) is 4.92.